The molecule has 1 aromatic heterocycles. The Morgan fingerprint density at radius 1 is 1.29 bits per heavy atom. The zero-order chi connectivity index (χ0) is 12.3. The molecular formula is C12H14N2O3. The molecule has 0 fully saturated rings. The molecule has 0 unspecified atom stereocenters. The quantitative estimate of drug-likeness (QED) is 0.876. The van der Waals surface area contributed by atoms with Gasteiger partial charge in [0.15, 0.2) is 0 Å². The van der Waals surface area contributed by atoms with Gasteiger partial charge in [-0.2, -0.15) is 0 Å². The first-order chi connectivity index (χ1) is 8.24. The van der Waals surface area contributed by atoms with E-state index in [4.69, 9.17) is 19.7 Å². The number of aromatic nitrogens is 1. The Balaban J connectivity index is 2.37. The van der Waals surface area contributed by atoms with E-state index in [1.807, 2.05) is 18.2 Å². The second-order valence-corrected chi connectivity index (χ2v) is 3.57. The smallest absolute Gasteiger partial charge is 0.222 e. The third-order valence-corrected chi connectivity index (χ3v) is 2.41. The van der Waals surface area contributed by atoms with Gasteiger partial charge in [0.25, 0.3) is 0 Å². The number of anilines is 1. The predicted molar refractivity (Wildman–Crippen MR) is 63.6 cm³/mol. The van der Waals surface area contributed by atoms with Crippen LogP contribution in [0.3, 0.4) is 0 Å². The van der Waals surface area contributed by atoms with Crippen molar-refractivity contribution in [1.82, 2.24) is 5.16 Å². The highest BCUT2D eigenvalue weighted by molar-refractivity contribution is 5.64. The van der Waals surface area contributed by atoms with Crippen LogP contribution in [0, 0.1) is 0 Å². The average molecular weight is 234 g/mol. The third kappa shape index (κ3) is 2.39. The largest absolute Gasteiger partial charge is 0.496 e. The molecule has 5 heteroatoms. The van der Waals surface area contributed by atoms with Crippen molar-refractivity contribution in [2.45, 2.75) is 6.61 Å². The summed E-state index contributed by atoms with van der Waals surface area (Å²) < 4.78 is 15.2. The monoisotopic (exact) mass is 234 g/mol. The molecule has 0 saturated carbocycles. The minimum atomic E-state index is 0.292. The second kappa shape index (κ2) is 4.88. The lowest BCUT2D eigenvalue weighted by Crippen LogP contribution is -1.94. The van der Waals surface area contributed by atoms with Crippen LogP contribution in [0.15, 0.2) is 28.8 Å². The Morgan fingerprint density at radius 2 is 2.12 bits per heavy atom. The molecule has 2 aromatic rings. The number of hydrogen-bond acceptors (Lipinski definition) is 5. The van der Waals surface area contributed by atoms with Crippen LogP contribution in [0.25, 0.3) is 11.3 Å². The zero-order valence-electron chi connectivity index (χ0n) is 9.77. The van der Waals surface area contributed by atoms with Gasteiger partial charge in [0.2, 0.25) is 5.88 Å². The van der Waals surface area contributed by atoms with Crippen LogP contribution in [0.1, 0.15) is 5.56 Å². The van der Waals surface area contributed by atoms with Gasteiger partial charge in [0.1, 0.15) is 11.4 Å². The van der Waals surface area contributed by atoms with Gasteiger partial charge in [0, 0.05) is 24.3 Å². The van der Waals surface area contributed by atoms with Gasteiger partial charge in [-0.3, -0.25) is 0 Å². The molecule has 0 aliphatic carbocycles. The van der Waals surface area contributed by atoms with E-state index < -0.39 is 0 Å². The molecule has 2 N–H and O–H groups in total. The second-order valence-electron chi connectivity index (χ2n) is 3.57. The van der Waals surface area contributed by atoms with Gasteiger partial charge >= 0.3 is 0 Å². The van der Waals surface area contributed by atoms with Crippen molar-refractivity contribution in [2.24, 2.45) is 0 Å². The minimum absolute atomic E-state index is 0.292. The van der Waals surface area contributed by atoms with Crippen LogP contribution in [0.5, 0.6) is 5.75 Å². The molecule has 0 aliphatic rings. The molecule has 17 heavy (non-hydrogen) atoms. The highest BCUT2D eigenvalue weighted by Gasteiger charge is 2.08. The molecule has 0 amide bonds. The molecule has 90 valence electrons. The predicted octanol–water partition coefficient (Wildman–Crippen LogP) is 2.08. The molecule has 5 nitrogen and oxygen atoms in total. The van der Waals surface area contributed by atoms with Gasteiger partial charge in [-0.1, -0.05) is 17.3 Å². The summed E-state index contributed by atoms with van der Waals surface area (Å²) in [5, 5.41) is 3.85. The Morgan fingerprint density at radius 3 is 2.71 bits per heavy atom. The van der Waals surface area contributed by atoms with Crippen molar-refractivity contribution in [3.8, 4) is 17.0 Å². The lowest BCUT2D eigenvalue weighted by atomic mass is 10.1. The number of rotatable bonds is 4. The molecule has 2 rings (SSSR count). The van der Waals surface area contributed by atoms with E-state index in [1.165, 1.54) is 0 Å². The summed E-state index contributed by atoms with van der Waals surface area (Å²) in [4.78, 5) is 0. The minimum Gasteiger partial charge on any atom is -0.496 e. The Kier molecular flexibility index (Phi) is 3.30. The van der Waals surface area contributed by atoms with Gasteiger partial charge in [-0.05, 0) is 6.07 Å². The highest BCUT2D eigenvalue weighted by Crippen LogP contribution is 2.27. The lowest BCUT2D eigenvalue weighted by Gasteiger charge is -2.08. The first-order valence-electron chi connectivity index (χ1n) is 5.13. The summed E-state index contributed by atoms with van der Waals surface area (Å²) in [5.41, 5.74) is 8.04. The van der Waals surface area contributed by atoms with E-state index in [-0.39, 0.29) is 0 Å². The molecule has 0 spiro atoms. The molecule has 0 atom stereocenters. The zero-order valence-corrected chi connectivity index (χ0v) is 9.77. The molecular weight excluding hydrogens is 220 g/mol. The number of nitrogens with two attached hydrogens (primary N) is 1. The number of benzene rings is 1. The van der Waals surface area contributed by atoms with Crippen LogP contribution in [0.4, 0.5) is 5.88 Å². The van der Waals surface area contributed by atoms with Crippen molar-refractivity contribution >= 4 is 5.88 Å². The van der Waals surface area contributed by atoms with Crippen molar-refractivity contribution < 1.29 is 14.0 Å². The standard InChI is InChI=1S/C12H14N2O3/c1-15-7-9-4-3-8(5-11(9)16-2)10-6-12(13)17-14-10/h3-6H,7,13H2,1-2H3. The third-order valence-electron chi connectivity index (χ3n) is 2.41. The fraction of sp³-hybridized carbons (Fsp3) is 0.250. The fourth-order valence-electron chi connectivity index (χ4n) is 1.60. The Hall–Kier alpha value is -2.01. The maximum atomic E-state index is 5.48. The van der Waals surface area contributed by atoms with E-state index in [9.17, 15) is 0 Å². The van der Waals surface area contributed by atoms with Gasteiger partial charge < -0.3 is 19.7 Å². The van der Waals surface area contributed by atoms with E-state index in [0.717, 1.165) is 16.9 Å². The molecule has 0 aliphatic heterocycles. The maximum Gasteiger partial charge on any atom is 0.222 e. The van der Waals surface area contributed by atoms with Crippen molar-refractivity contribution in [1.29, 1.82) is 0 Å². The van der Waals surface area contributed by atoms with Gasteiger partial charge in [-0.25, -0.2) is 0 Å². The van der Waals surface area contributed by atoms with Crippen LogP contribution >= 0.6 is 0 Å². The van der Waals surface area contributed by atoms with Crippen LogP contribution in [0.2, 0.25) is 0 Å². The summed E-state index contributed by atoms with van der Waals surface area (Å²) in [6.45, 7) is 0.504. The van der Waals surface area contributed by atoms with Crippen LogP contribution in [-0.2, 0) is 11.3 Å². The first kappa shape index (κ1) is 11.5. The molecule has 0 saturated heterocycles. The molecule has 0 radical (unpaired) electrons. The van der Waals surface area contributed by atoms with E-state index in [2.05, 4.69) is 5.16 Å². The highest BCUT2D eigenvalue weighted by atomic mass is 16.5. The normalized spacial score (nSPS) is 10.5. The fourth-order valence-corrected chi connectivity index (χ4v) is 1.60. The molecule has 0 bridgehead atoms. The van der Waals surface area contributed by atoms with Gasteiger partial charge in [-0.15, -0.1) is 0 Å². The van der Waals surface area contributed by atoms with Gasteiger partial charge in [0.05, 0.1) is 13.7 Å². The summed E-state index contributed by atoms with van der Waals surface area (Å²) in [6, 6.07) is 7.41. The summed E-state index contributed by atoms with van der Waals surface area (Å²) in [6.07, 6.45) is 0. The van der Waals surface area contributed by atoms with Crippen molar-refractivity contribution in [3.05, 3.63) is 29.8 Å². The number of nitrogen functional groups attached to an aromatic ring is 1. The number of hydrogen-bond donors (Lipinski definition) is 1. The molecule has 1 aromatic carbocycles. The number of nitrogens with zero attached hydrogens (tertiary/aromatic N) is 1. The topological polar surface area (TPSA) is 70.5 Å². The Bertz CT molecular complexity index is 508. The van der Waals surface area contributed by atoms with Crippen molar-refractivity contribution in [2.75, 3.05) is 20.0 Å². The maximum absolute atomic E-state index is 5.48. The summed E-state index contributed by atoms with van der Waals surface area (Å²) in [7, 11) is 3.26. The van der Waals surface area contributed by atoms with Crippen LogP contribution < -0.4 is 10.5 Å². The van der Waals surface area contributed by atoms with Crippen LogP contribution in [-0.4, -0.2) is 19.4 Å². The lowest BCUT2D eigenvalue weighted by molar-refractivity contribution is 0.181. The SMILES string of the molecule is COCc1ccc(-c2cc(N)on2)cc1OC. The average Bonchev–Trinajstić information content (AvgIpc) is 2.77. The van der Waals surface area contributed by atoms with E-state index in [1.54, 1.807) is 20.3 Å². The first-order valence-corrected chi connectivity index (χ1v) is 5.13. The summed E-state index contributed by atoms with van der Waals surface area (Å²) >= 11 is 0. The molecule has 1 heterocycles. The number of methoxy groups -OCH3 is 2. The Labute approximate surface area is 99.1 Å². The van der Waals surface area contributed by atoms with E-state index >= 15 is 0 Å². The van der Waals surface area contributed by atoms with E-state index in [0.29, 0.717) is 18.2 Å². The summed E-state index contributed by atoms with van der Waals surface area (Å²) in [5.74, 6) is 1.05. The van der Waals surface area contributed by atoms with Crippen molar-refractivity contribution in [3.63, 3.8) is 0 Å². The number of ether oxygens (including phenoxy) is 2.